The van der Waals surface area contributed by atoms with Gasteiger partial charge in [-0.15, -0.1) is 0 Å². The Kier molecular flexibility index (Phi) is 3.58. The summed E-state index contributed by atoms with van der Waals surface area (Å²) >= 11 is 0. The number of nitrogens with one attached hydrogen (secondary N) is 2. The lowest BCUT2D eigenvalue weighted by atomic mass is 10.0. The number of hydrogen-bond donors (Lipinski definition) is 2. The van der Waals surface area contributed by atoms with Crippen LogP contribution in [-0.4, -0.2) is 7.05 Å². The highest BCUT2D eigenvalue weighted by Crippen LogP contribution is 2.33. The molecule has 0 saturated heterocycles. The Bertz CT molecular complexity index is 1030. The molecule has 0 aliphatic rings. The number of anilines is 3. The molecule has 0 heterocycles. The van der Waals surface area contributed by atoms with E-state index in [0.29, 0.717) is 0 Å². The summed E-state index contributed by atoms with van der Waals surface area (Å²) in [6, 6.07) is 25.7. The maximum absolute atomic E-state index is 3.61. The second kappa shape index (κ2) is 5.89. The van der Waals surface area contributed by atoms with E-state index in [4.69, 9.17) is 0 Å². The van der Waals surface area contributed by atoms with Gasteiger partial charge in [0.2, 0.25) is 0 Å². The van der Waals surface area contributed by atoms with Crippen LogP contribution in [-0.2, 0) is 0 Å². The summed E-state index contributed by atoms with van der Waals surface area (Å²) in [5.74, 6) is 0. The summed E-state index contributed by atoms with van der Waals surface area (Å²) in [6.45, 7) is 2.15. The normalized spacial score (nSPS) is 10.9. The van der Waals surface area contributed by atoms with Crippen molar-refractivity contribution >= 4 is 38.6 Å². The number of hydrogen-bond acceptors (Lipinski definition) is 2. The average Bonchev–Trinajstić information content (AvgIpc) is 2.61. The van der Waals surface area contributed by atoms with Gasteiger partial charge in [0, 0.05) is 12.7 Å². The number of benzene rings is 4. The molecule has 2 N–H and O–H groups in total. The van der Waals surface area contributed by atoms with Gasteiger partial charge < -0.3 is 10.6 Å². The van der Waals surface area contributed by atoms with Gasteiger partial charge in [0.25, 0.3) is 0 Å². The highest BCUT2D eigenvalue weighted by Gasteiger charge is 2.07. The van der Waals surface area contributed by atoms with Crippen LogP contribution in [0.2, 0.25) is 0 Å². The topological polar surface area (TPSA) is 24.1 Å². The maximum Gasteiger partial charge on any atom is 0.0626 e. The van der Waals surface area contributed by atoms with E-state index in [1.54, 1.807) is 0 Å². The SMILES string of the molecule is CNc1cc2ccccc2cc1Nc1cc2ccccc2cc1C. The fraction of sp³-hybridized carbons (Fsp3) is 0.0909. The molecule has 0 amide bonds. The molecule has 0 aliphatic heterocycles. The molecule has 4 aromatic carbocycles. The van der Waals surface area contributed by atoms with Crippen molar-refractivity contribution in [3.63, 3.8) is 0 Å². The molecule has 0 aliphatic carbocycles. The molecule has 0 atom stereocenters. The van der Waals surface area contributed by atoms with Gasteiger partial charge in [-0.1, -0.05) is 48.5 Å². The Morgan fingerprint density at radius 3 is 1.58 bits per heavy atom. The molecule has 118 valence electrons. The summed E-state index contributed by atoms with van der Waals surface area (Å²) in [4.78, 5) is 0. The van der Waals surface area contributed by atoms with E-state index in [1.165, 1.54) is 27.1 Å². The Morgan fingerprint density at radius 1 is 0.583 bits per heavy atom. The molecule has 4 rings (SSSR count). The lowest BCUT2D eigenvalue weighted by Crippen LogP contribution is -1.99. The molecular weight excluding hydrogens is 292 g/mol. The van der Waals surface area contributed by atoms with Crippen molar-refractivity contribution in [2.24, 2.45) is 0 Å². The monoisotopic (exact) mass is 312 g/mol. The molecule has 0 radical (unpaired) electrons. The second-order valence-electron chi connectivity index (χ2n) is 6.13. The van der Waals surface area contributed by atoms with E-state index in [-0.39, 0.29) is 0 Å². The molecule has 4 aromatic rings. The van der Waals surface area contributed by atoms with E-state index in [2.05, 4.69) is 90.4 Å². The van der Waals surface area contributed by atoms with Gasteiger partial charge in [-0.2, -0.15) is 0 Å². The third-order valence-corrected chi connectivity index (χ3v) is 4.52. The Balaban J connectivity index is 1.82. The second-order valence-corrected chi connectivity index (χ2v) is 6.13. The van der Waals surface area contributed by atoms with Crippen molar-refractivity contribution in [1.29, 1.82) is 0 Å². The largest absolute Gasteiger partial charge is 0.386 e. The van der Waals surface area contributed by atoms with Gasteiger partial charge in [0.15, 0.2) is 0 Å². The summed E-state index contributed by atoms with van der Waals surface area (Å²) in [6.07, 6.45) is 0. The predicted molar refractivity (Wildman–Crippen MR) is 105 cm³/mol. The van der Waals surface area contributed by atoms with Crippen LogP contribution in [0, 0.1) is 6.92 Å². The third kappa shape index (κ3) is 2.56. The zero-order valence-electron chi connectivity index (χ0n) is 13.9. The van der Waals surface area contributed by atoms with Crippen molar-refractivity contribution in [3.05, 3.63) is 78.4 Å². The smallest absolute Gasteiger partial charge is 0.0626 e. The van der Waals surface area contributed by atoms with Crippen LogP contribution in [0.25, 0.3) is 21.5 Å². The van der Waals surface area contributed by atoms with E-state index < -0.39 is 0 Å². The van der Waals surface area contributed by atoms with E-state index in [9.17, 15) is 0 Å². The molecule has 2 heteroatoms. The van der Waals surface area contributed by atoms with Crippen molar-refractivity contribution in [2.75, 3.05) is 17.7 Å². The molecule has 0 saturated carbocycles. The number of rotatable bonds is 3. The quantitative estimate of drug-likeness (QED) is 0.478. The maximum atomic E-state index is 3.61. The number of fused-ring (bicyclic) bond motifs is 2. The molecule has 24 heavy (non-hydrogen) atoms. The van der Waals surface area contributed by atoms with Crippen LogP contribution in [0.3, 0.4) is 0 Å². The molecular formula is C22H20N2. The van der Waals surface area contributed by atoms with Crippen molar-refractivity contribution < 1.29 is 0 Å². The Morgan fingerprint density at radius 2 is 1.04 bits per heavy atom. The summed E-state index contributed by atoms with van der Waals surface area (Å²) in [5, 5.41) is 11.9. The predicted octanol–water partition coefficient (Wildman–Crippen LogP) is 6.09. The zero-order chi connectivity index (χ0) is 16.5. The zero-order valence-corrected chi connectivity index (χ0v) is 13.9. The van der Waals surface area contributed by atoms with E-state index in [1.807, 2.05) is 7.05 Å². The van der Waals surface area contributed by atoms with Crippen LogP contribution in [0.4, 0.5) is 17.1 Å². The summed E-state index contributed by atoms with van der Waals surface area (Å²) in [5.41, 5.74) is 4.57. The molecule has 0 spiro atoms. The lowest BCUT2D eigenvalue weighted by molar-refractivity contribution is 1.44. The average molecular weight is 312 g/mol. The van der Waals surface area contributed by atoms with Gasteiger partial charge in [-0.25, -0.2) is 0 Å². The van der Waals surface area contributed by atoms with Crippen molar-refractivity contribution in [1.82, 2.24) is 0 Å². The van der Waals surface area contributed by atoms with Gasteiger partial charge in [-0.3, -0.25) is 0 Å². The summed E-state index contributed by atoms with van der Waals surface area (Å²) < 4.78 is 0. The fourth-order valence-electron chi connectivity index (χ4n) is 3.18. The Labute approximate surface area is 142 Å². The molecule has 0 unspecified atom stereocenters. The minimum Gasteiger partial charge on any atom is -0.386 e. The molecule has 0 fully saturated rings. The molecule has 2 nitrogen and oxygen atoms in total. The van der Waals surface area contributed by atoms with Crippen LogP contribution >= 0.6 is 0 Å². The lowest BCUT2D eigenvalue weighted by Gasteiger charge is -2.16. The highest BCUT2D eigenvalue weighted by atomic mass is 14.9. The van der Waals surface area contributed by atoms with Crippen molar-refractivity contribution in [3.8, 4) is 0 Å². The van der Waals surface area contributed by atoms with Gasteiger partial charge in [0.1, 0.15) is 0 Å². The van der Waals surface area contributed by atoms with Crippen LogP contribution in [0.1, 0.15) is 5.56 Å². The molecule has 0 bridgehead atoms. The first-order valence-corrected chi connectivity index (χ1v) is 8.21. The van der Waals surface area contributed by atoms with Crippen molar-refractivity contribution in [2.45, 2.75) is 6.92 Å². The summed E-state index contributed by atoms with van der Waals surface area (Å²) in [7, 11) is 1.96. The first-order chi connectivity index (χ1) is 11.7. The van der Waals surface area contributed by atoms with Gasteiger partial charge in [-0.05, 0) is 58.3 Å². The first kappa shape index (κ1) is 14.6. The first-order valence-electron chi connectivity index (χ1n) is 8.21. The minimum absolute atomic E-state index is 1.09. The minimum atomic E-state index is 1.09. The van der Waals surface area contributed by atoms with Crippen LogP contribution in [0.5, 0.6) is 0 Å². The standard InChI is InChI=1S/C22H20N2/c1-15-11-16-7-3-4-8-17(16)12-20(15)24-22-14-19-10-6-5-9-18(19)13-21(22)23-2/h3-14,23-24H,1-2H3. The Hall–Kier alpha value is -3.00. The highest BCUT2D eigenvalue weighted by molar-refractivity contribution is 5.95. The van der Waals surface area contributed by atoms with E-state index in [0.717, 1.165) is 17.1 Å². The molecule has 0 aromatic heterocycles. The van der Waals surface area contributed by atoms with E-state index >= 15 is 0 Å². The third-order valence-electron chi connectivity index (χ3n) is 4.52. The van der Waals surface area contributed by atoms with Crippen LogP contribution in [0.15, 0.2) is 72.8 Å². The fourth-order valence-corrected chi connectivity index (χ4v) is 3.18. The number of aryl methyl sites for hydroxylation is 1. The van der Waals surface area contributed by atoms with Gasteiger partial charge in [0.05, 0.1) is 11.4 Å². The van der Waals surface area contributed by atoms with Gasteiger partial charge >= 0.3 is 0 Å². The van der Waals surface area contributed by atoms with Crippen LogP contribution < -0.4 is 10.6 Å².